The van der Waals surface area contributed by atoms with E-state index >= 15 is 0 Å². The van der Waals surface area contributed by atoms with Gasteiger partial charge in [-0.25, -0.2) is 0 Å². The number of ether oxygens (including phenoxy) is 4. The van der Waals surface area contributed by atoms with Crippen molar-refractivity contribution < 1.29 is 29.2 Å². The molecule has 0 amide bonds. The van der Waals surface area contributed by atoms with Crippen molar-refractivity contribution in [3.63, 3.8) is 0 Å². The van der Waals surface area contributed by atoms with E-state index in [0.29, 0.717) is 52.1 Å². The van der Waals surface area contributed by atoms with E-state index in [1.54, 1.807) is 0 Å². The average Bonchev–Trinajstić information content (AvgIpc) is 3.11. The summed E-state index contributed by atoms with van der Waals surface area (Å²) in [5, 5.41) is 21.9. The topological polar surface area (TPSA) is 77.4 Å². The zero-order chi connectivity index (χ0) is 35.6. The first-order chi connectivity index (χ1) is 24.3. The summed E-state index contributed by atoms with van der Waals surface area (Å²) >= 11 is 7.99. The molecule has 0 saturated heterocycles. The Bertz CT molecular complexity index is 1540. The number of hydrogen-bond acceptors (Lipinski definition) is 6. The van der Waals surface area contributed by atoms with Gasteiger partial charge in [-0.1, -0.05) is 59.6 Å². The second-order valence-corrected chi connectivity index (χ2v) is 14.6. The maximum atomic E-state index is 10.9. The summed E-state index contributed by atoms with van der Waals surface area (Å²) in [6.45, 7) is 10.6. The molecule has 0 saturated carbocycles. The van der Waals surface area contributed by atoms with Gasteiger partial charge in [-0.2, -0.15) is 0 Å². The van der Waals surface area contributed by atoms with Gasteiger partial charge in [0.25, 0.3) is 0 Å². The molecule has 0 spiro atoms. The molecular formula is C42H50Br2O6. The number of fused-ring (bicyclic) bond motifs is 8. The standard InChI is InChI=1S/C42H50Br2O6/c1-5-9-47-35-17-27-13-31-21-37(49-11-7-3)23-33(41(31)43)15-29-19-36(48-10-6-2)20-30(40(29)26-46)16-34-24-38(50-12-8-4)22-32(42(34)44)14-28(18-35)39(27)25-45/h17-24,45-46H,5-16,25-26H2,1-4H3. The fourth-order valence-corrected chi connectivity index (χ4v) is 7.57. The largest absolute Gasteiger partial charge is 0.494 e. The highest BCUT2D eigenvalue weighted by Gasteiger charge is 2.22. The molecule has 1 aliphatic rings. The lowest BCUT2D eigenvalue weighted by molar-refractivity contribution is 0.278. The van der Waals surface area contributed by atoms with E-state index in [1.165, 1.54) is 0 Å². The Balaban J connectivity index is 1.80. The zero-order valence-electron chi connectivity index (χ0n) is 29.8. The van der Waals surface area contributed by atoms with Crippen LogP contribution in [0, 0.1) is 0 Å². The maximum Gasteiger partial charge on any atom is 0.119 e. The third-order valence-corrected chi connectivity index (χ3v) is 11.0. The average molecular weight is 811 g/mol. The normalized spacial score (nSPS) is 12.5. The summed E-state index contributed by atoms with van der Waals surface area (Å²) < 4.78 is 26.9. The highest BCUT2D eigenvalue weighted by molar-refractivity contribution is 9.10. The minimum atomic E-state index is -0.101. The van der Waals surface area contributed by atoms with Gasteiger partial charge in [0.1, 0.15) is 23.0 Å². The summed E-state index contributed by atoms with van der Waals surface area (Å²) in [6, 6.07) is 16.7. The van der Waals surface area contributed by atoms with Crippen LogP contribution in [-0.2, 0) is 38.9 Å². The molecule has 50 heavy (non-hydrogen) atoms. The van der Waals surface area contributed by atoms with Crippen molar-refractivity contribution in [3.8, 4) is 23.0 Å². The first kappa shape index (κ1) is 38.2. The van der Waals surface area contributed by atoms with Gasteiger partial charge in [-0.3, -0.25) is 0 Å². The Morgan fingerprint density at radius 2 is 0.640 bits per heavy atom. The molecule has 8 bridgehead atoms. The summed E-state index contributed by atoms with van der Waals surface area (Å²) in [5.74, 6) is 3.18. The van der Waals surface area contributed by atoms with Crippen molar-refractivity contribution in [2.75, 3.05) is 26.4 Å². The number of aliphatic hydroxyl groups is 2. The Labute approximate surface area is 314 Å². The van der Waals surface area contributed by atoms with Crippen LogP contribution in [0.1, 0.15) is 109 Å². The van der Waals surface area contributed by atoms with Crippen molar-refractivity contribution in [1.29, 1.82) is 0 Å². The highest BCUT2D eigenvalue weighted by atomic mass is 79.9. The van der Waals surface area contributed by atoms with Crippen LogP contribution in [0.4, 0.5) is 0 Å². The molecule has 0 aliphatic heterocycles. The van der Waals surface area contributed by atoms with Crippen LogP contribution in [0.2, 0.25) is 0 Å². The number of rotatable bonds is 14. The summed E-state index contributed by atoms with van der Waals surface area (Å²) in [7, 11) is 0. The van der Waals surface area contributed by atoms with E-state index in [2.05, 4.69) is 108 Å². The second-order valence-electron chi connectivity index (χ2n) is 13.0. The van der Waals surface area contributed by atoms with E-state index in [9.17, 15) is 10.2 Å². The van der Waals surface area contributed by atoms with Crippen molar-refractivity contribution in [2.45, 2.75) is 92.3 Å². The molecule has 4 aromatic rings. The molecule has 268 valence electrons. The van der Waals surface area contributed by atoms with Gasteiger partial charge in [0.05, 0.1) is 39.6 Å². The highest BCUT2D eigenvalue weighted by Crippen LogP contribution is 2.39. The van der Waals surface area contributed by atoms with Crippen LogP contribution in [0.15, 0.2) is 57.5 Å². The van der Waals surface area contributed by atoms with E-state index in [-0.39, 0.29) is 13.2 Å². The fraction of sp³-hybridized carbons (Fsp3) is 0.429. The number of aliphatic hydroxyl groups excluding tert-OH is 2. The molecule has 0 unspecified atom stereocenters. The molecular weight excluding hydrogens is 760 g/mol. The van der Waals surface area contributed by atoms with Gasteiger partial charge in [0, 0.05) is 8.95 Å². The Morgan fingerprint density at radius 1 is 0.420 bits per heavy atom. The monoisotopic (exact) mass is 808 g/mol. The van der Waals surface area contributed by atoms with Crippen molar-refractivity contribution in [2.24, 2.45) is 0 Å². The molecule has 0 radical (unpaired) electrons. The minimum Gasteiger partial charge on any atom is -0.494 e. The van der Waals surface area contributed by atoms with Crippen LogP contribution in [-0.4, -0.2) is 36.6 Å². The van der Waals surface area contributed by atoms with E-state index in [1.807, 2.05) is 0 Å². The lowest BCUT2D eigenvalue weighted by Crippen LogP contribution is -2.09. The summed E-state index contributed by atoms with van der Waals surface area (Å²) in [5.41, 5.74) is 10.0. The van der Waals surface area contributed by atoms with Gasteiger partial charge in [0.15, 0.2) is 0 Å². The Morgan fingerprint density at radius 3 is 0.840 bits per heavy atom. The van der Waals surface area contributed by atoms with Crippen molar-refractivity contribution in [3.05, 3.63) is 113 Å². The minimum absolute atomic E-state index is 0.101. The van der Waals surface area contributed by atoms with E-state index in [0.717, 1.165) is 113 Å². The molecule has 8 heteroatoms. The Kier molecular flexibility index (Phi) is 14.1. The molecule has 0 atom stereocenters. The van der Waals surface area contributed by atoms with Gasteiger partial charge in [0.2, 0.25) is 0 Å². The number of benzene rings is 4. The van der Waals surface area contributed by atoms with Crippen LogP contribution in [0.3, 0.4) is 0 Å². The van der Waals surface area contributed by atoms with Crippen molar-refractivity contribution >= 4 is 31.9 Å². The van der Waals surface area contributed by atoms with E-state index in [4.69, 9.17) is 18.9 Å². The fourth-order valence-electron chi connectivity index (χ4n) is 6.55. The van der Waals surface area contributed by atoms with Crippen LogP contribution >= 0.6 is 31.9 Å². The molecule has 4 aromatic carbocycles. The van der Waals surface area contributed by atoms with Gasteiger partial charge in [-0.05, 0) is 156 Å². The smallest absolute Gasteiger partial charge is 0.119 e. The van der Waals surface area contributed by atoms with Gasteiger partial charge in [-0.15, -0.1) is 0 Å². The number of hydrogen-bond donors (Lipinski definition) is 2. The van der Waals surface area contributed by atoms with Crippen LogP contribution in [0.25, 0.3) is 0 Å². The first-order valence-electron chi connectivity index (χ1n) is 18.0. The molecule has 5 rings (SSSR count). The maximum absolute atomic E-state index is 10.9. The lowest BCUT2D eigenvalue weighted by atomic mass is 9.88. The molecule has 0 fully saturated rings. The molecule has 0 aromatic heterocycles. The molecule has 0 heterocycles. The predicted molar refractivity (Wildman–Crippen MR) is 207 cm³/mol. The van der Waals surface area contributed by atoms with Crippen molar-refractivity contribution in [1.82, 2.24) is 0 Å². The molecule has 2 N–H and O–H groups in total. The van der Waals surface area contributed by atoms with Gasteiger partial charge < -0.3 is 29.2 Å². The SMILES string of the molecule is CCCOc1cc2c(Br)c(c1)Cc1cc(OCCC)cc(c1CO)Cc1cc(OCCC)cc(c1Br)Cc1cc(OCCC)cc(c1CO)C2. The first-order valence-corrected chi connectivity index (χ1v) is 19.6. The summed E-state index contributed by atoms with van der Waals surface area (Å²) in [6.07, 6.45) is 5.83. The summed E-state index contributed by atoms with van der Waals surface area (Å²) in [4.78, 5) is 0. The predicted octanol–water partition coefficient (Wildman–Crippen LogP) is 10.0. The second kappa shape index (κ2) is 18.5. The van der Waals surface area contributed by atoms with Crippen LogP contribution < -0.4 is 18.9 Å². The molecule has 1 aliphatic carbocycles. The zero-order valence-corrected chi connectivity index (χ0v) is 33.0. The third kappa shape index (κ3) is 9.24. The molecule has 6 nitrogen and oxygen atoms in total. The van der Waals surface area contributed by atoms with E-state index < -0.39 is 0 Å². The quantitative estimate of drug-likeness (QED) is 0.116. The lowest BCUT2D eigenvalue weighted by Gasteiger charge is -2.22. The van der Waals surface area contributed by atoms with Gasteiger partial charge >= 0.3 is 0 Å². The van der Waals surface area contributed by atoms with Crippen LogP contribution in [0.5, 0.6) is 23.0 Å². The third-order valence-electron chi connectivity index (χ3n) is 8.94. The number of halogens is 2. The Hall–Kier alpha value is -3.04.